The van der Waals surface area contributed by atoms with E-state index in [9.17, 15) is 0 Å². The number of pyridine rings is 1. The molecular weight excluding hydrogens is 420 g/mol. The van der Waals surface area contributed by atoms with Crippen LogP contribution in [0.2, 0.25) is 10.2 Å². The lowest BCUT2D eigenvalue weighted by molar-refractivity contribution is 0.129. The molecule has 2 atom stereocenters. The molecule has 1 N–H and O–H groups in total. The van der Waals surface area contributed by atoms with Crippen molar-refractivity contribution >= 4 is 30.3 Å². The topological polar surface area (TPSA) is 34.1 Å². The predicted octanol–water partition coefficient (Wildman–Crippen LogP) is 5.10. The fourth-order valence-corrected chi connectivity index (χ4v) is 9.62. The van der Waals surface area contributed by atoms with Gasteiger partial charge in [-0.3, -0.25) is 0 Å². The summed E-state index contributed by atoms with van der Waals surface area (Å²) in [6.45, 7) is 7.93. The molecule has 2 heterocycles. The normalized spacial score (nSPS) is 19.9. The molecule has 3 aromatic rings. The van der Waals surface area contributed by atoms with Gasteiger partial charge in [0, 0.05) is 18.3 Å². The highest BCUT2D eigenvalue weighted by Gasteiger charge is 2.51. The molecule has 0 bridgehead atoms. The van der Waals surface area contributed by atoms with Crippen molar-refractivity contribution in [1.82, 2.24) is 10.3 Å². The number of nitrogens with zero attached hydrogens (tertiary/aromatic N) is 1. The van der Waals surface area contributed by atoms with E-state index in [-0.39, 0.29) is 17.2 Å². The Hall–Kier alpha value is -1.98. The quantitative estimate of drug-likeness (QED) is 0.433. The van der Waals surface area contributed by atoms with Gasteiger partial charge in [0.1, 0.15) is 5.15 Å². The van der Waals surface area contributed by atoms with E-state index < -0.39 is 8.32 Å². The van der Waals surface area contributed by atoms with Gasteiger partial charge in [-0.2, -0.15) is 0 Å². The molecule has 1 saturated heterocycles. The zero-order chi connectivity index (χ0) is 21.9. The van der Waals surface area contributed by atoms with Crippen LogP contribution in [0.25, 0.3) is 0 Å². The maximum Gasteiger partial charge on any atom is 0.261 e. The first kappa shape index (κ1) is 22.2. The van der Waals surface area contributed by atoms with Gasteiger partial charge < -0.3 is 9.74 Å². The van der Waals surface area contributed by atoms with E-state index in [4.69, 9.17) is 16.0 Å². The van der Waals surface area contributed by atoms with Gasteiger partial charge in [-0.25, -0.2) is 4.98 Å². The monoisotopic (exact) mass is 450 g/mol. The Labute approximate surface area is 192 Å². The van der Waals surface area contributed by atoms with E-state index in [2.05, 4.69) is 97.8 Å². The molecule has 0 spiro atoms. The fourth-order valence-electron chi connectivity index (χ4n) is 4.78. The first-order valence-corrected chi connectivity index (χ1v) is 13.3. The van der Waals surface area contributed by atoms with Gasteiger partial charge >= 0.3 is 0 Å². The Morgan fingerprint density at radius 3 is 2.06 bits per heavy atom. The molecule has 0 saturated carbocycles. The van der Waals surface area contributed by atoms with E-state index in [1.807, 2.05) is 12.3 Å². The van der Waals surface area contributed by atoms with Crippen molar-refractivity contribution in [2.45, 2.75) is 50.8 Å². The number of hydrogen-bond acceptors (Lipinski definition) is 3. The Morgan fingerprint density at radius 1 is 0.935 bits per heavy atom. The van der Waals surface area contributed by atoms with Gasteiger partial charge in [-0.1, -0.05) is 99.1 Å². The van der Waals surface area contributed by atoms with Crippen LogP contribution in [0.3, 0.4) is 0 Å². The molecule has 162 valence electrons. The molecule has 1 aliphatic heterocycles. The van der Waals surface area contributed by atoms with Gasteiger partial charge in [0.05, 0.1) is 0 Å². The molecule has 0 aliphatic carbocycles. The highest BCUT2D eigenvalue weighted by atomic mass is 35.5. The van der Waals surface area contributed by atoms with Crippen LogP contribution < -0.4 is 15.7 Å². The van der Waals surface area contributed by atoms with Crippen LogP contribution in [-0.2, 0) is 4.43 Å². The largest absolute Gasteiger partial charge is 0.404 e. The molecule has 0 radical (unpaired) electrons. The minimum absolute atomic E-state index is 0.0160. The van der Waals surface area contributed by atoms with E-state index in [1.165, 1.54) is 15.9 Å². The number of benzene rings is 2. The summed E-state index contributed by atoms with van der Waals surface area (Å²) in [7, 11) is -2.54. The molecule has 4 rings (SSSR count). The molecule has 3 nitrogen and oxygen atoms in total. The van der Waals surface area contributed by atoms with Gasteiger partial charge in [-0.15, -0.1) is 0 Å². The van der Waals surface area contributed by atoms with Crippen LogP contribution in [0.15, 0.2) is 79.0 Å². The van der Waals surface area contributed by atoms with Gasteiger partial charge in [0.2, 0.25) is 0 Å². The molecule has 31 heavy (non-hydrogen) atoms. The van der Waals surface area contributed by atoms with Crippen molar-refractivity contribution < 1.29 is 4.43 Å². The third kappa shape index (κ3) is 4.63. The first-order valence-electron chi connectivity index (χ1n) is 11.0. The predicted molar refractivity (Wildman–Crippen MR) is 132 cm³/mol. The summed E-state index contributed by atoms with van der Waals surface area (Å²) in [5, 5.41) is 6.81. The summed E-state index contributed by atoms with van der Waals surface area (Å²) in [4.78, 5) is 4.28. The number of nitrogens with one attached hydrogen (secondary N) is 1. The second kappa shape index (κ2) is 9.25. The third-order valence-corrected chi connectivity index (χ3v) is 11.6. The number of aromatic nitrogens is 1. The Kier molecular flexibility index (Phi) is 6.63. The maximum absolute atomic E-state index is 7.34. The smallest absolute Gasteiger partial charge is 0.261 e. The molecule has 1 aliphatic rings. The minimum atomic E-state index is -2.54. The van der Waals surface area contributed by atoms with Crippen LogP contribution in [0, 0.1) is 0 Å². The Morgan fingerprint density at radius 2 is 1.55 bits per heavy atom. The lowest BCUT2D eigenvalue weighted by Crippen LogP contribution is -2.68. The summed E-state index contributed by atoms with van der Waals surface area (Å²) in [5.41, 5.74) is 1.17. The molecule has 1 fully saturated rings. The van der Waals surface area contributed by atoms with Crippen LogP contribution in [0.4, 0.5) is 0 Å². The highest BCUT2D eigenvalue weighted by molar-refractivity contribution is 6.99. The summed E-state index contributed by atoms with van der Waals surface area (Å²) in [6, 6.07) is 25.9. The van der Waals surface area contributed by atoms with Crippen molar-refractivity contribution in [1.29, 1.82) is 0 Å². The van der Waals surface area contributed by atoms with E-state index in [0.29, 0.717) is 5.15 Å². The summed E-state index contributed by atoms with van der Waals surface area (Å²) >= 11 is 6.00. The van der Waals surface area contributed by atoms with Gasteiger partial charge in [0.15, 0.2) is 0 Å². The maximum atomic E-state index is 7.34. The second-order valence-electron chi connectivity index (χ2n) is 9.35. The summed E-state index contributed by atoms with van der Waals surface area (Å²) < 4.78 is 7.34. The molecule has 0 amide bonds. The second-order valence-corrected chi connectivity index (χ2v) is 14.0. The van der Waals surface area contributed by atoms with Crippen molar-refractivity contribution in [2.24, 2.45) is 0 Å². The van der Waals surface area contributed by atoms with Crippen LogP contribution >= 0.6 is 11.6 Å². The average molecular weight is 451 g/mol. The zero-order valence-electron chi connectivity index (χ0n) is 18.5. The van der Waals surface area contributed by atoms with Crippen molar-refractivity contribution in [3.63, 3.8) is 0 Å². The fraction of sp³-hybridized carbons (Fsp3) is 0.346. The van der Waals surface area contributed by atoms with Crippen LogP contribution in [0.1, 0.15) is 45.2 Å². The minimum Gasteiger partial charge on any atom is -0.404 e. The first-order chi connectivity index (χ1) is 14.9. The number of rotatable bonds is 5. The van der Waals surface area contributed by atoms with Crippen LogP contribution in [0.5, 0.6) is 0 Å². The lowest BCUT2D eigenvalue weighted by atomic mass is 9.97. The van der Waals surface area contributed by atoms with E-state index >= 15 is 0 Å². The molecule has 5 heteroatoms. The van der Waals surface area contributed by atoms with Gasteiger partial charge in [0.25, 0.3) is 8.32 Å². The van der Waals surface area contributed by atoms with E-state index in [1.54, 1.807) is 0 Å². The Balaban J connectivity index is 1.72. The lowest BCUT2D eigenvalue weighted by Gasteiger charge is -2.46. The molecule has 2 aromatic carbocycles. The standard InChI is InChI=1S/C26H31ClN2OSi/c1-26(2,3)31(22-10-6-4-7-11-22,23-12-8-5-9-13-23)30-21-16-17-28-24(18-21)20-14-15-25(27)29-19-20/h4-15,19,21,24,28H,16-18H2,1-3H3. The van der Waals surface area contributed by atoms with E-state index in [0.717, 1.165) is 19.4 Å². The number of halogens is 1. The zero-order valence-corrected chi connectivity index (χ0v) is 20.3. The molecule has 1 aromatic heterocycles. The van der Waals surface area contributed by atoms with Crippen molar-refractivity contribution in [3.05, 3.63) is 89.7 Å². The van der Waals surface area contributed by atoms with Gasteiger partial charge in [-0.05, 0) is 46.4 Å². The molecular formula is C26H31ClN2OSi. The Bertz CT molecular complexity index is 934. The highest BCUT2D eigenvalue weighted by Crippen LogP contribution is 2.39. The third-order valence-electron chi connectivity index (χ3n) is 6.27. The summed E-state index contributed by atoms with van der Waals surface area (Å²) in [5.74, 6) is 0. The van der Waals surface area contributed by atoms with Crippen molar-refractivity contribution in [2.75, 3.05) is 6.54 Å². The van der Waals surface area contributed by atoms with Crippen LogP contribution in [-0.4, -0.2) is 26.0 Å². The molecule has 2 unspecified atom stereocenters. The SMILES string of the molecule is CC(C)(C)[Si](OC1CCNC(c2ccc(Cl)nc2)C1)(c1ccccc1)c1ccccc1. The summed E-state index contributed by atoms with van der Waals surface area (Å²) in [6.07, 6.45) is 3.98. The average Bonchev–Trinajstić information content (AvgIpc) is 2.78. The number of piperidine rings is 1. The van der Waals surface area contributed by atoms with Crippen molar-refractivity contribution in [3.8, 4) is 0 Å². The number of hydrogen-bond donors (Lipinski definition) is 1.